The molecule has 29 heavy (non-hydrogen) atoms. The van der Waals surface area contributed by atoms with Gasteiger partial charge in [0, 0.05) is 17.3 Å². The topological polar surface area (TPSA) is 123 Å². The van der Waals surface area contributed by atoms with E-state index in [0.29, 0.717) is 29.6 Å². The number of thiazole rings is 1. The lowest BCUT2D eigenvalue weighted by Crippen LogP contribution is -2.04. The SMILES string of the molecule is CCOC(=O)c1cnc(-c2ccc(Nc3cc(N)c(C#N)c(OCC)n3)cc2)s1. The summed E-state index contributed by atoms with van der Waals surface area (Å²) in [5, 5.41) is 13.1. The van der Waals surface area contributed by atoms with E-state index in [-0.39, 0.29) is 17.4 Å². The molecule has 0 saturated heterocycles. The number of pyridine rings is 1. The molecule has 0 aliphatic carbocycles. The third-order valence-electron chi connectivity index (χ3n) is 3.80. The highest BCUT2D eigenvalue weighted by molar-refractivity contribution is 7.16. The van der Waals surface area contributed by atoms with Crippen LogP contribution in [0.1, 0.15) is 29.1 Å². The van der Waals surface area contributed by atoms with Crippen molar-refractivity contribution in [3.63, 3.8) is 0 Å². The van der Waals surface area contributed by atoms with Crippen molar-refractivity contribution in [1.82, 2.24) is 9.97 Å². The zero-order valence-electron chi connectivity index (χ0n) is 15.9. The summed E-state index contributed by atoms with van der Waals surface area (Å²) < 4.78 is 10.4. The largest absolute Gasteiger partial charge is 0.477 e. The molecule has 148 valence electrons. The van der Waals surface area contributed by atoms with Gasteiger partial charge in [0.05, 0.1) is 25.1 Å². The minimum Gasteiger partial charge on any atom is -0.477 e. The molecule has 3 rings (SSSR count). The number of carbonyl (C=O) groups excluding carboxylic acids is 1. The summed E-state index contributed by atoms with van der Waals surface area (Å²) in [6.45, 7) is 4.27. The molecule has 0 bridgehead atoms. The Morgan fingerprint density at radius 3 is 2.69 bits per heavy atom. The minimum atomic E-state index is -0.371. The van der Waals surface area contributed by atoms with Crippen LogP contribution in [-0.2, 0) is 4.74 Å². The van der Waals surface area contributed by atoms with E-state index in [2.05, 4.69) is 15.3 Å². The molecular weight excluding hydrogens is 390 g/mol. The Balaban J connectivity index is 1.78. The van der Waals surface area contributed by atoms with Gasteiger partial charge in [-0.3, -0.25) is 0 Å². The van der Waals surface area contributed by atoms with Gasteiger partial charge < -0.3 is 20.5 Å². The second-order valence-electron chi connectivity index (χ2n) is 5.77. The summed E-state index contributed by atoms with van der Waals surface area (Å²) in [4.78, 5) is 20.8. The number of nitrogens with one attached hydrogen (secondary N) is 1. The van der Waals surface area contributed by atoms with Crippen LogP contribution in [-0.4, -0.2) is 29.2 Å². The number of hydrogen-bond donors (Lipinski definition) is 2. The number of hydrogen-bond acceptors (Lipinski definition) is 9. The average Bonchev–Trinajstić information content (AvgIpc) is 3.19. The molecule has 0 radical (unpaired) electrons. The second-order valence-corrected chi connectivity index (χ2v) is 6.80. The fourth-order valence-electron chi connectivity index (χ4n) is 2.51. The predicted molar refractivity (Wildman–Crippen MR) is 111 cm³/mol. The number of esters is 1. The third-order valence-corrected chi connectivity index (χ3v) is 4.82. The predicted octanol–water partition coefficient (Wildman–Crippen LogP) is 3.98. The Labute approximate surface area is 171 Å². The summed E-state index contributed by atoms with van der Waals surface area (Å²) in [5.74, 6) is 0.295. The highest BCUT2D eigenvalue weighted by atomic mass is 32.1. The van der Waals surface area contributed by atoms with E-state index in [9.17, 15) is 10.1 Å². The molecule has 0 unspecified atom stereocenters. The lowest BCUT2D eigenvalue weighted by molar-refractivity contribution is 0.0532. The molecule has 3 aromatic rings. The maximum absolute atomic E-state index is 11.8. The maximum atomic E-state index is 11.8. The van der Waals surface area contributed by atoms with Gasteiger partial charge in [0.2, 0.25) is 5.88 Å². The van der Waals surface area contributed by atoms with Gasteiger partial charge in [0.15, 0.2) is 0 Å². The summed E-state index contributed by atoms with van der Waals surface area (Å²) in [5.41, 5.74) is 8.09. The van der Waals surface area contributed by atoms with E-state index >= 15 is 0 Å². The molecule has 0 spiro atoms. The number of carbonyl (C=O) groups is 1. The van der Waals surface area contributed by atoms with Gasteiger partial charge in [-0.2, -0.15) is 10.2 Å². The van der Waals surface area contributed by atoms with E-state index in [1.807, 2.05) is 37.3 Å². The lowest BCUT2D eigenvalue weighted by atomic mass is 10.2. The van der Waals surface area contributed by atoms with Crippen LogP contribution in [0.3, 0.4) is 0 Å². The quantitative estimate of drug-likeness (QED) is 0.562. The Morgan fingerprint density at radius 1 is 1.28 bits per heavy atom. The number of nitrogens with two attached hydrogens (primary N) is 1. The van der Waals surface area contributed by atoms with Gasteiger partial charge in [0.1, 0.15) is 27.3 Å². The monoisotopic (exact) mass is 409 g/mol. The van der Waals surface area contributed by atoms with Crippen LogP contribution in [0.15, 0.2) is 36.5 Å². The molecule has 2 aromatic heterocycles. The van der Waals surface area contributed by atoms with Crippen LogP contribution in [0.5, 0.6) is 5.88 Å². The minimum absolute atomic E-state index is 0.198. The summed E-state index contributed by atoms with van der Waals surface area (Å²) >= 11 is 1.28. The highest BCUT2D eigenvalue weighted by Crippen LogP contribution is 2.29. The number of aromatic nitrogens is 2. The van der Waals surface area contributed by atoms with Crippen molar-refractivity contribution < 1.29 is 14.3 Å². The number of benzene rings is 1. The Bertz CT molecular complexity index is 1060. The zero-order chi connectivity index (χ0) is 20.8. The molecule has 0 fully saturated rings. The average molecular weight is 409 g/mol. The van der Waals surface area contributed by atoms with Crippen molar-refractivity contribution in [3.05, 3.63) is 47.0 Å². The third kappa shape index (κ3) is 4.62. The van der Waals surface area contributed by atoms with Crippen LogP contribution >= 0.6 is 11.3 Å². The molecule has 9 heteroatoms. The number of nitrogens with zero attached hydrogens (tertiary/aromatic N) is 3. The molecule has 1 aromatic carbocycles. The first-order valence-electron chi connectivity index (χ1n) is 8.89. The van der Waals surface area contributed by atoms with E-state index in [4.69, 9.17) is 15.2 Å². The van der Waals surface area contributed by atoms with Crippen LogP contribution in [0.2, 0.25) is 0 Å². The van der Waals surface area contributed by atoms with E-state index in [1.165, 1.54) is 17.5 Å². The van der Waals surface area contributed by atoms with Gasteiger partial charge in [-0.1, -0.05) is 0 Å². The molecule has 0 aliphatic rings. The standard InChI is InChI=1S/C20H19N5O3S/c1-3-27-18-14(10-21)15(22)9-17(25-18)24-13-7-5-12(6-8-13)19-23-11-16(29-19)20(26)28-4-2/h5-9,11H,3-4H2,1-2H3,(H3,22,24,25). The zero-order valence-corrected chi connectivity index (χ0v) is 16.7. The number of anilines is 3. The maximum Gasteiger partial charge on any atom is 0.349 e. The first kappa shape index (κ1) is 20.1. The number of nitrogen functional groups attached to an aromatic ring is 1. The number of nitriles is 1. The van der Waals surface area contributed by atoms with E-state index in [0.717, 1.165) is 16.3 Å². The first-order chi connectivity index (χ1) is 14.0. The summed E-state index contributed by atoms with van der Waals surface area (Å²) in [7, 11) is 0. The van der Waals surface area contributed by atoms with Gasteiger partial charge in [-0.15, -0.1) is 11.3 Å². The van der Waals surface area contributed by atoms with Crippen LogP contribution in [0.4, 0.5) is 17.2 Å². The second kappa shape index (κ2) is 9.03. The molecule has 3 N–H and O–H groups in total. The molecule has 0 atom stereocenters. The highest BCUT2D eigenvalue weighted by Gasteiger charge is 2.14. The van der Waals surface area contributed by atoms with Crippen molar-refractivity contribution >= 4 is 34.5 Å². The molecule has 0 amide bonds. The molecular formula is C20H19N5O3S. The van der Waals surface area contributed by atoms with Crippen molar-refractivity contribution in [1.29, 1.82) is 5.26 Å². The Kier molecular flexibility index (Phi) is 6.26. The van der Waals surface area contributed by atoms with Crippen molar-refractivity contribution in [2.75, 3.05) is 24.3 Å². The summed E-state index contributed by atoms with van der Waals surface area (Å²) in [6.07, 6.45) is 1.52. The van der Waals surface area contributed by atoms with Gasteiger partial charge >= 0.3 is 5.97 Å². The fourth-order valence-corrected chi connectivity index (χ4v) is 3.32. The Hall–Kier alpha value is -3.64. The smallest absolute Gasteiger partial charge is 0.349 e. The van der Waals surface area contributed by atoms with Crippen LogP contribution in [0.25, 0.3) is 10.6 Å². The van der Waals surface area contributed by atoms with E-state index in [1.54, 1.807) is 13.0 Å². The first-order valence-corrected chi connectivity index (χ1v) is 9.71. The van der Waals surface area contributed by atoms with Crippen LogP contribution in [0, 0.1) is 11.3 Å². The van der Waals surface area contributed by atoms with Crippen molar-refractivity contribution in [2.45, 2.75) is 13.8 Å². The summed E-state index contributed by atoms with van der Waals surface area (Å²) in [6, 6.07) is 11.1. The number of ether oxygens (including phenoxy) is 2. The normalized spacial score (nSPS) is 10.2. The van der Waals surface area contributed by atoms with E-state index < -0.39 is 0 Å². The fraction of sp³-hybridized carbons (Fsp3) is 0.200. The molecule has 0 saturated carbocycles. The number of rotatable bonds is 7. The Morgan fingerprint density at radius 2 is 2.03 bits per heavy atom. The van der Waals surface area contributed by atoms with Crippen molar-refractivity contribution in [3.8, 4) is 22.5 Å². The molecule has 8 nitrogen and oxygen atoms in total. The molecule has 2 heterocycles. The van der Waals surface area contributed by atoms with Crippen molar-refractivity contribution in [2.24, 2.45) is 0 Å². The lowest BCUT2D eigenvalue weighted by Gasteiger charge is -2.11. The van der Waals surface area contributed by atoms with Crippen LogP contribution < -0.4 is 15.8 Å². The molecule has 0 aliphatic heterocycles. The van der Waals surface area contributed by atoms with Gasteiger partial charge in [-0.05, 0) is 38.1 Å². The van der Waals surface area contributed by atoms with Gasteiger partial charge in [0.25, 0.3) is 0 Å². The van der Waals surface area contributed by atoms with Gasteiger partial charge in [-0.25, -0.2) is 9.78 Å².